The minimum atomic E-state index is -0.943. The van der Waals surface area contributed by atoms with Crippen molar-refractivity contribution < 1.29 is 18.4 Å². The van der Waals surface area contributed by atoms with Crippen LogP contribution in [0.4, 0.5) is 8.78 Å². The highest BCUT2D eigenvalue weighted by atomic mass is 19.2. The molecule has 0 aliphatic heterocycles. The van der Waals surface area contributed by atoms with Gasteiger partial charge >= 0.3 is 5.97 Å². The fourth-order valence-electron chi connectivity index (χ4n) is 2.57. The van der Waals surface area contributed by atoms with Crippen LogP contribution in [0, 0.1) is 11.6 Å². The molecule has 1 aromatic heterocycles. The molecule has 128 valence electrons. The molecule has 0 aliphatic carbocycles. The van der Waals surface area contributed by atoms with E-state index in [4.69, 9.17) is 4.84 Å². The third-order valence-corrected chi connectivity index (χ3v) is 3.69. The van der Waals surface area contributed by atoms with E-state index in [9.17, 15) is 18.4 Å². The number of nitrogens with zero attached hydrogens (tertiary/aromatic N) is 2. The van der Waals surface area contributed by atoms with Crippen LogP contribution in [0.15, 0.2) is 47.3 Å². The molecule has 0 amide bonds. The second kappa shape index (κ2) is 6.80. The van der Waals surface area contributed by atoms with Crippen LogP contribution in [-0.2, 0) is 17.6 Å². The fourth-order valence-corrected chi connectivity index (χ4v) is 2.57. The number of fused-ring (bicyclic) bond motifs is 1. The molecule has 1 heterocycles. The third-order valence-electron chi connectivity index (χ3n) is 3.69. The van der Waals surface area contributed by atoms with Crippen molar-refractivity contribution in [1.29, 1.82) is 0 Å². The summed E-state index contributed by atoms with van der Waals surface area (Å²) >= 11 is 0. The first-order valence-corrected chi connectivity index (χ1v) is 7.60. The lowest BCUT2D eigenvalue weighted by Gasteiger charge is -2.14. The van der Waals surface area contributed by atoms with Gasteiger partial charge in [0.1, 0.15) is 0 Å². The van der Waals surface area contributed by atoms with Gasteiger partial charge in [-0.15, -0.1) is 0 Å². The number of halogens is 2. The van der Waals surface area contributed by atoms with Crippen LogP contribution in [0.25, 0.3) is 10.9 Å². The average Bonchev–Trinajstić information content (AvgIpc) is 2.59. The van der Waals surface area contributed by atoms with Crippen LogP contribution in [0.3, 0.4) is 0 Å². The molecular weight excluding hydrogens is 330 g/mol. The van der Waals surface area contributed by atoms with E-state index in [0.29, 0.717) is 10.9 Å². The SMILES string of the molecule is CC(=O)On1c(CCc2cccc(F)c2F)nc(=O)c2ccccc21. The average molecular weight is 344 g/mol. The van der Waals surface area contributed by atoms with E-state index in [1.807, 2.05) is 0 Å². The smallest absolute Gasteiger partial charge is 0.329 e. The summed E-state index contributed by atoms with van der Waals surface area (Å²) in [6, 6.07) is 10.4. The Morgan fingerprint density at radius 1 is 1.12 bits per heavy atom. The first-order chi connectivity index (χ1) is 12.0. The number of aryl methyl sites for hydroxylation is 2. The van der Waals surface area contributed by atoms with Gasteiger partial charge in [-0.25, -0.2) is 13.6 Å². The molecule has 0 N–H and O–H groups in total. The molecule has 3 rings (SSSR count). The molecule has 0 atom stereocenters. The van der Waals surface area contributed by atoms with E-state index in [1.165, 1.54) is 19.1 Å². The van der Waals surface area contributed by atoms with Crippen LogP contribution >= 0.6 is 0 Å². The van der Waals surface area contributed by atoms with Crippen molar-refractivity contribution in [2.75, 3.05) is 0 Å². The molecule has 0 spiro atoms. The Kier molecular flexibility index (Phi) is 4.56. The van der Waals surface area contributed by atoms with Crippen molar-refractivity contribution in [3.05, 3.63) is 75.8 Å². The lowest BCUT2D eigenvalue weighted by molar-refractivity contribution is -0.141. The summed E-state index contributed by atoms with van der Waals surface area (Å²) in [6.45, 7) is 1.23. The second-order valence-corrected chi connectivity index (χ2v) is 5.44. The summed E-state index contributed by atoms with van der Waals surface area (Å²) in [5.74, 6) is -2.32. The van der Waals surface area contributed by atoms with E-state index in [2.05, 4.69) is 4.98 Å². The normalized spacial score (nSPS) is 10.8. The molecular formula is C18H14F2N2O3. The zero-order chi connectivity index (χ0) is 18.0. The lowest BCUT2D eigenvalue weighted by atomic mass is 10.1. The van der Waals surface area contributed by atoms with Crippen LogP contribution in [0.5, 0.6) is 0 Å². The van der Waals surface area contributed by atoms with Gasteiger partial charge in [0.15, 0.2) is 17.5 Å². The molecule has 0 bridgehead atoms. The first kappa shape index (κ1) is 16.8. The number of carbonyl (C=O) groups excluding carboxylic acids is 1. The van der Waals surface area contributed by atoms with E-state index >= 15 is 0 Å². The zero-order valence-corrected chi connectivity index (χ0v) is 13.3. The highest BCUT2D eigenvalue weighted by Gasteiger charge is 2.15. The van der Waals surface area contributed by atoms with Gasteiger partial charge in [-0.3, -0.25) is 4.79 Å². The largest absolute Gasteiger partial charge is 0.335 e. The van der Waals surface area contributed by atoms with Crippen LogP contribution < -0.4 is 10.4 Å². The van der Waals surface area contributed by atoms with E-state index in [-0.39, 0.29) is 24.2 Å². The monoisotopic (exact) mass is 344 g/mol. The predicted octanol–water partition coefficient (Wildman–Crippen LogP) is 2.44. The number of hydrogen-bond donors (Lipinski definition) is 0. The Labute approximate surface area is 141 Å². The first-order valence-electron chi connectivity index (χ1n) is 7.60. The minimum Gasteiger partial charge on any atom is -0.335 e. The summed E-state index contributed by atoms with van der Waals surface area (Å²) in [6.07, 6.45) is 0.184. The number of benzene rings is 2. The van der Waals surface area contributed by atoms with E-state index < -0.39 is 23.2 Å². The van der Waals surface area contributed by atoms with Crippen molar-refractivity contribution in [2.24, 2.45) is 0 Å². The van der Waals surface area contributed by atoms with Crippen LogP contribution in [0.1, 0.15) is 18.3 Å². The number of para-hydroxylation sites is 1. The van der Waals surface area contributed by atoms with Crippen molar-refractivity contribution in [2.45, 2.75) is 19.8 Å². The van der Waals surface area contributed by atoms with Crippen molar-refractivity contribution in [3.8, 4) is 0 Å². The quantitative estimate of drug-likeness (QED) is 0.729. The minimum absolute atomic E-state index is 0.0910. The summed E-state index contributed by atoms with van der Waals surface area (Å²) in [4.78, 5) is 32.7. The van der Waals surface area contributed by atoms with Crippen LogP contribution in [0.2, 0.25) is 0 Å². The predicted molar refractivity (Wildman–Crippen MR) is 87.0 cm³/mol. The summed E-state index contributed by atoms with van der Waals surface area (Å²) in [5, 5.41) is 0.296. The number of hydrogen-bond acceptors (Lipinski definition) is 4. The summed E-state index contributed by atoms with van der Waals surface area (Å²) in [7, 11) is 0. The maximum absolute atomic E-state index is 13.8. The molecule has 0 saturated carbocycles. The molecule has 2 aromatic carbocycles. The Morgan fingerprint density at radius 2 is 1.88 bits per heavy atom. The Morgan fingerprint density at radius 3 is 2.64 bits per heavy atom. The van der Waals surface area contributed by atoms with Gasteiger partial charge in [-0.2, -0.15) is 9.71 Å². The standard InChI is InChI=1S/C18H14F2N2O3/c1-11(23)25-22-15-8-3-2-6-13(15)18(24)21-16(22)10-9-12-5-4-7-14(19)17(12)20/h2-8H,9-10H2,1H3. The highest BCUT2D eigenvalue weighted by Crippen LogP contribution is 2.15. The van der Waals surface area contributed by atoms with Gasteiger partial charge in [0.25, 0.3) is 5.56 Å². The maximum atomic E-state index is 13.8. The Hall–Kier alpha value is -3.09. The molecule has 7 heteroatoms. The van der Waals surface area contributed by atoms with Gasteiger partial charge < -0.3 is 4.84 Å². The van der Waals surface area contributed by atoms with Crippen molar-refractivity contribution >= 4 is 16.9 Å². The third kappa shape index (κ3) is 3.40. The maximum Gasteiger partial charge on any atom is 0.329 e. The molecule has 0 unspecified atom stereocenters. The Balaban J connectivity index is 2.04. The zero-order valence-electron chi connectivity index (χ0n) is 13.3. The molecule has 0 aliphatic rings. The topological polar surface area (TPSA) is 61.2 Å². The molecule has 3 aromatic rings. The van der Waals surface area contributed by atoms with E-state index in [1.54, 1.807) is 24.3 Å². The molecule has 5 nitrogen and oxygen atoms in total. The van der Waals surface area contributed by atoms with Crippen molar-refractivity contribution in [3.63, 3.8) is 0 Å². The highest BCUT2D eigenvalue weighted by molar-refractivity contribution is 5.78. The number of aromatic nitrogens is 2. The molecule has 0 radical (unpaired) electrons. The van der Waals surface area contributed by atoms with Crippen LogP contribution in [-0.4, -0.2) is 15.7 Å². The van der Waals surface area contributed by atoms with Gasteiger partial charge in [0.2, 0.25) is 0 Å². The fraction of sp³-hybridized carbons (Fsp3) is 0.167. The van der Waals surface area contributed by atoms with Gasteiger partial charge in [0.05, 0.1) is 10.9 Å². The molecule has 0 fully saturated rings. The summed E-state index contributed by atoms with van der Waals surface area (Å²) in [5.41, 5.74) is 0.0536. The van der Waals surface area contributed by atoms with Gasteiger partial charge in [0, 0.05) is 13.3 Å². The van der Waals surface area contributed by atoms with Crippen molar-refractivity contribution in [1.82, 2.24) is 9.71 Å². The van der Waals surface area contributed by atoms with E-state index in [0.717, 1.165) is 10.8 Å². The second-order valence-electron chi connectivity index (χ2n) is 5.44. The summed E-state index contributed by atoms with van der Waals surface area (Å²) < 4.78 is 28.3. The molecule has 0 saturated heterocycles. The number of rotatable bonds is 4. The lowest BCUT2D eigenvalue weighted by Crippen LogP contribution is -2.26. The van der Waals surface area contributed by atoms with Gasteiger partial charge in [-0.1, -0.05) is 24.3 Å². The Bertz CT molecular complexity index is 1010. The van der Waals surface area contributed by atoms with Gasteiger partial charge in [-0.05, 0) is 30.2 Å². The molecule has 25 heavy (non-hydrogen) atoms. The number of carbonyl (C=O) groups is 1.